The molecular formula is C10H10F2N2O. The van der Waals surface area contributed by atoms with Crippen molar-refractivity contribution in [1.29, 1.82) is 0 Å². The molecule has 0 saturated carbocycles. The summed E-state index contributed by atoms with van der Waals surface area (Å²) >= 11 is 0. The van der Waals surface area contributed by atoms with Gasteiger partial charge in [-0.15, -0.1) is 0 Å². The van der Waals surface area contributed by atoms with Crippen molar-refractivity contribution >= 4 is 11.6 Å². The van der Waals surface area contributed by atoms with E-state index in [1.54, 1.807) is 0 Å². The summed E-state index contributed by atoms with van der Waals surface area (Å²) in [5.74, 6) is -1.92. The molecule has 1 saturated heterocycles. The summed E-state index contributed by atoms with van der Waals surface area (Å²) in [4.78, 5) is 11.2. The van der Waals surface area contributed by atoms with Crippen LogP contribution >= 0.6 is 0 Å². The zero-order chi connectivity index (χ0) is 10.8. The number of hydrogen-bond donors (Lipinski definition) is 2. The van der Waals surface area contributed by atoms with Crippen molar-refractivity contribution in [3.05, 3.63) is 29.8 Å². The summed E-state index contributed by atoms with van der Waals surface area (Å²) in [7, 11) is 0. The van der Waals surface area contributed by atoms with Crippen LogP contribution in [0.4, 0.5) is 14.5 Å². The summed E-state index contributed by atoms with van der Waals surface area (Å²) in [6, 6.07) is 3.13. The highest BCUT2D eigenvalue weighted by molar-refractivity contribution is 5.86. The van der Waals surface area contributed by atoms with Crippen LogP contribution in [0.2, 0.25) is 0 Å². The Morgan fingerprint density at radius 3 is 2.73 bits per heavy atom. The number of rotatable bonds is 2. The number of halogens is 2. The van der Waals surface area contributed by atoms with Crippen LogP contribution in [0.15, 0.2) is 18.2 Å². The summed E-state index contributed by atoms with van der Waals surface area (Å²) in [6.45, 7) is 0.611. The lowest BCUT2D eigenvalue weighted by molar-refractivity contribution is -0.119. The topological polar surface area (TPSA) is 41.1 Å². The number of hydrogen-bond acceptors (Lipinski definition) is 2. The summed E-state index contributed by atoms with van der Waals surface area (Å²) in [5, 5.41) is 5.49. The highest BCUT2D eigenvalue weighted by atomic mass is 19.2. The number of amides is 1. The SMILES string of the molecule is O=C1NCC[C@H]1Nc1ccc(F)c(F)c1. The first-order chi connectivity index (χ1) is 7.16. The smallest absolute Gasteiger partial charge is 0.242 e. The van der Waals surface area contributed by atoms with Crippen molar-refractivity contribution < 1.29 is 13.6 Å². The monoisotopic (exact) mass is 212 g/mol. The molecule has 0 radical (unpaired) electrons. The van der Waals surface area contributed by atoms with Crippen molar-refractivity contribution in [2.24, 2.45) is 0 Å². The van der Waals surface area contributed by atoms with Gasteiger partial charge in [0, 0.05) is 18.3 Å². The van der Waals surface area contributed by atoms with Crippen molar-refractivity contribution in [2.45, 2.75) is 12.5 Å². The molecule has 0 unspecified atom stereocenters. The molecule has 1 aliphatic rings. The van der Waals surface area contributed by atoms with Gasteiger partial charge in [-0.3, -0.25) is 4.79 Å². The molecule has 5 heteroatoms. The van der Waals surface area contributed by atoms with Crippen LogP contribution in [0.1, 0.15) is 6.42 Å². The Morgan fingerprint density at radius 2 is 2.13 bits per heavy atom. The van der Waals surface area contributed by atoms with Gasteiger partial charge in [-0.25, -0.2) is 8.78 Å². The van der Waals surface area contributed by atoms with Gasteiger partial charge in [-0.2, -0.15) is 0 Å². The van der Waals surface area contributed by atoms with Crippen LogP contribution in [0, 0.1) is 11.6 Å². The van der Waals surface area contributed by atoms with Crippen molar-refractivity contribution in [2.75, 3.05) is 11.9 Å². The first-order valence-electron chi connectivity index (χ1n) is 4.66. The lowest BCUT2D eigenvalue weighted by Gasteiger charge is -2.11. The second-order valence-electron chi connectivity index (χ2n) is 3.41. The molecule has 1 aliphatic heterocycles. The van der Waals surface area contributed by atoms with Crippen LogP contribution in [0.3, 0.4) is 0 Å². The molecule has 1 atom stereocenters. The lowest BCUT2D eigenvalue weighted by Crippen LogP contribution is -2.29. The summed E-state index contributed by atoms with van der Waals surface area (Å²) in [5.41, 5.74) is 0.413. The first kappa shape index (κ1) is 9.89. The molecular weight excluding hydrogens is 202 g/mol. The quantitative estimate of drug-likeness (QED) is 0.775. The number of carbonyl (C=O) groups is 1. The fraction of sp³-hybridized carbons (Fsp3) is 0.300. The van der Waals surface area contributed by atoms with Crippen molar-refractivity contribution in [3.8, 4) is 0 Å². The van der Waals surface area contributed by atoms with E-state index in [1.165, 1.54) is 6.07 Å². The molecule has 1 fully saturated rings. The zero-order valence-corrected chi connectivity index (χ0v) is 7.89. The largest absolute Gasteiger partial charge is 0.374 e. The Balaban J connectivity index is 2.10. The average Bonchev–Trinajstić information content (AvgIpc) is 2.59. The lowest BCUT2D eigenvalue weighted by atomic mass is 10.2. The molecule has 1 heterocycles. The highest BCUT2D eigenvalue weighted by Crippen LogP contribution is 2.15. The molecule has 3 nitrogen and oxygen atoms in total. The number of anilines is 1. The summed E-state index contributed by atoms with van der Waals surface area (Å²) in [6.07, 6.45) is 0.651. The van der Waals surface area contributed by atoms with Gasteiger partial charge in [-0.1, -0.05) is 0 Å². The molecule has 0 bridgehead atoms. The molecule has 0 aromatic heterocycles. The van der Waals surface area contributed by atoms with Crippen LogP contribution in [0.25, 0.3) is 0 Å². The maximum Gasteiger partial charge on any atom is 0.242 e. The fourth-order valence-corrected chi connectivity index (χ4v) is 1.52. The van der Waals surface area contributed by atoms with E-state index in [2.05, 4.69) is 10.6 Å². The molecule has 1 aromatic carbocycles. The van der Waals surface area contributed by atoms with E-state index in [4.69, 9.17) is 0 Å². The van der Waals surface area contributed by atoms with E-state index in [0.717, 1.165) is 12.1 Å². The minimum absolute atomic E-state index is 0.111. The van der Waals surface area contributed by atoms with E-state index >= 15 is 0 Å². The zero-order valence-electron chi connectivity index (χ0n) is 7.89. The molecule has 80 valence electrons. The van der Waals surface area contributed by atoms with Crippen molar-refractivity contribution in [1.82, 2.24) is 5.32 Å². The molecule has 15 heavy (non-hydrogen) atoms. The number of nitrogens with one attached hydrogen (secondary N) is 2. The van der Waals surface area contributed by atoms with Gasteiger partial charge in [-0.05, 0) is 18.6 Å². The maximum absolute atomic E-state index is 12.8. The Bertz CT molecular complexity index is 395. The van der Waals surface area contributed by atoms with Crippen LogP contribution in [-0.2, 0) is 4.79 Å². The van der Waals surface area contributed by atoms with Gasteiger partial charge in [0.1, 0.15) is 6.04 Å². The Labute approximate surface area is 85.5 Å². The first-order valence-corrected chi connectivity index (χ1v) is 4.66. The molecule has 1 aromatic rings. The third-order valence-corrected chi connectivity index (χ3v) is 2.31. The Morgan fingerprint density at radius 1 is 1.33 bits per heavy atom. The number of benzene rings is 1. The van der Waals surface area contributed by atoms with Gasteiger partial charge in [0.15, 0.2) is 11.6 Å². The predicted molar refractivity (Wildman–Crippen MR) is 51.4 cm³/mol. The van der Waals surface area contributed by atoms with Crippen LogP contribution in [-0.4, -0.2) is 18.5 Å². The molecule has 1 amide bonds. The minimum atomic E-state index is -0.918. The van der Waals surface area contributed by atoms with Gasteiger partial charge < -0.3 is 10.6 Å². The summed E-state index contributed by atoms with van der Waals surface area (Å²) < 4.78 is 25.4. The standard InChI is InChI=1S/C10H10F2N2O/c11-7-2-1-6(5-8(7)12)14-9-3-4-13-10(9)15/h1-2,5,9,14H,3-4H2,(H,13,15)/t9-/m1/s1. The molecule has 2 rings (SSSR count). The van der Waals surface area contributed by atoms with E-state index in [9.17, 15) is 13.6 Å². The minimum Gasteiger partial charge on any atom is -0.374 e. The third kappa shape index (κ3) is 2.06. The molecule has 0 spiro atoms. The average molecular weight is 212 g/mol. The van der Waals surface area contributed by atoms with Gasteiger partial charge >= 0.3 is 0 Å². The highest BCUT2D eigenvalue weighted by Gasteiger charge is 2.23. The van der Waals surface area contributed by atoms with Gasteiger partial charge in [0.05, 0.1) is 0 Å². The predicted octanol–water partition coefficient (Wildman–Crippen LogP) is 1.27. The third-order valence-electron chi connectivity index (χ3n) is 2.31. The fourth-order valence-electron chi connectivity index (χ4n) is 1.52. The molecule has 2 N–H and O–H groups in total. The normalized spacial score (nSPS) is 20.1. The van der Waals surface area contributed by atoms with E-state index in [1.807, 2.05) is 0 Å². The van der Waals surface area contributed by atoms with Crippen LogP contribution < -0.4 is 10.6 Å². The van der Waals surface area contributed by atoms with E-state index in [0.29, 0.717) is 18.7 Å². The molecule has 0 aliphatic carbocycles. The van der Waals surface area contributed by atoms with Gasteiger partial charge in [0.2, 0.25) is 5.91 Å². The Hall–Kier alpha value is -1.65. The second kappa shape index (κ2) is 3.84. The van der Waals surface area contributed by atoms with E-state index in [-0.39, 0.29) is 11.9 Å². The van der Waals surface area contributed by atoms with Crippen LogP contribution in [0.5, 0.6) is 0 Å². The maximum atomic E-state index is 12.8. The second-order valence-corrected chi connectivity index (χ2v) is 3.41. The Kier molecular flexibility index (Phi) is 2.53. The van der Waals surface area contributed by atoms with E-state index < -0.39 is 11.6 Å². The van der Waals surface area contributed by atoms with Crippen molar-refractivity contribution in [3.63, 3.8) is 0 Å². The number of carbonyl (C=O) groups excluding carboxylic acids is 1. The van der Waals surface area contributed by atoms with Gasteiger partial charge in [0.25, 0.3) is 0 Å².